The molecule has 1 aromatic carbocycles. The van der Waals surface area contributed by atoms with Crippen molar-refractivity contribution >= 4 is 21.9 Å². The van der Waals surface area contributed by atoms with Crippen molar-refractivity contribution in [2.45, 2.75) is 12.7 Å². The number of hydrogen-bond acceptors (Lipinski definition) is 6. The van der Waals surface area contributed by atoms with E-state index in [-0.39, 0.29) is 6.54 Å². The third kappa shape index (κ3) is 3.25. The Morgan fingerprint density at radius 3 is 2.88 bits per heavy atom. The minimum atomic E-state index is -4.70. The Labute approximate surface area is 138 Å². The van der Waals surface area contributed by atoms with Crippen molar-refractivity contribution in [3.8, 4) is 6.07 Å². The zero-order valence-electron chi connectivity index (χ0n) is 12.5. The number of alkyl halides is 3. The molecule has 3 N–H and O–H groups in total. The maximum atomic E-state index is 12.5. The summed E-state index contributed by atoms with van der Waals surface area (Å²) in [6, 6.07) is 7.06. The van der Waals surface area contributed by atoms with Gasteiger partial charge in [0, 0.05) is 11.6 Å². The van der Waals surface area contributed by atoms with Crippen molar-refractivity contribution in [1.82, 2.24) is 20.3 Å². The monoisotopic (exact) mass is 345 g/mol. The molecule has 25 heavy (non-hydrogen) atoms. The largest absolute Gasteiger partial charge is 0.436 e. The number of allylic oxidation sites excluding steroid dienone is 1. The van der Waals surface area contributed by atoms with Gasteiger partial charge < -0.3 is 10.3 Å². The number of pyridine rings is 1. The summed E-state index contributed by atoms with van der Waals surface area (Å²) in [6.45, 7) is -0.0246. The van der Waals surface area contributed by atoms with E-state index >= 15 is 0 Å². The van der Waals surface area contributed by atoms with E-state index < -0.39 is 11.9 Å². The molecule has 0 spiro atoms. The number of nitriles is 1. The number of nitrogens with zero attached hydrogens (tertiary/aromatic N) is 4. The maximum absolute atomic E-state index is 12.5. The van der Waals surface area contributed by atoms with Crippen molar-refractivity contribution in [1.29, 1.82) is 10.8 Å². The van der Waals surface area contributed by atoms with E-state index in [0.717, 1.165) is 0 Å². The Morgan fingerprint density at radius 2 is 2.20 bits per heavy atom. The van der Waals surface area contributed by atoms with Crippen molar-refractivity contribution < 1.29 is 13.2 Å². The molecule has 0 aliphatic heterocycles. The lowest BCUT2D eigenvalue weighted by Gasteiger charge is -2.05. The minimum absolute atomic E-state index is 0.0246. The maximum Gasteiger partial charge on any atom is 0.436 e. The van der Waals surface area contributed by atoms with Crippen LogP contribution in [0.2, 0.25) is 0 Å². The quantitative estimate of drug-likeness (QED) is 0.628. The Hall–Kier alpha value is -3.48. The number of aromatic amines is 1. The van der Waals surface area contributed by atoms with Gasteiger partial charge in [-0.1, -0.05) is 0 Å². The van der Waals surface area contributed by atoms with E-state index in [9.17, 15) is 13.2 Å². The highest BCUT2D eigenvalue weighted by Gasteiger charge is 2.34. The minimum Gasteiger partial charge on any atom is -0.382 e. The highest BCUT2D eigenvalue weighted by molar-refractivity contribution is 6.02. The smallest absolute Gasteiger partial charge is 0.382 e. The summed E-state index contributed by atoms with van der Waals surface area (Å²) in [5, 5.41) is 14.6. The molecule has 7 nitrogen and oxygen atoms in total. The number of aromatic nitrogens is 3. The molecule has 0 bridgehead atoms. The standard InChI is InChI=1S/C15H10F3N7/c16-15(17,18)12(25-20)6-21-7-13-23-11-5-22-10-2-1-8(4-19)3-9(10)14(11)24-13/h1-3,5-6,20-21H,7H2,(H,23,24)/b12-6-,25-20?. The zero-order valence-corrected chi connectivity index (χ0v) is 12.5. The molecule has 0 unspecified atom stereocenters. The molecule has 0 radical (unpaired) electrons. The first-order valence-corrected chi connectivity index (χ1v) is 6.98. The summed E-state index contributed by atoms with van der Waals surface area (Å²) in [5.74, 6) is 0.384. The fraction of sp³-hybridized carbons (Fsp3) is 0.133. The van der Waals surface area contributed by atoms with E-state index in [1.54, 1.807) is 24.4 Å². The average Bonchev–Trinajstić information content (AvgIpc) is 3.00. The van der Waals surface area contributed by atoms with Crippen LogP contribution in [0.25, 0.3) is 21.9 Å². The Balaban J connectivity index is 1.91. The summed E-state index contributed by atoms with van der Waals surface area (Å²) < 4.78 is 37.4. The van der Waals surface area contributed by atoms with E-state index in [4.69, 9.17) is 10.8 Å². The molecule has 0 atom stereocenters. The zero-order chi connectivity index (χ0) is 18.0. The fourth-order valence-corrected chi connectivity index (χ4v) is 2.29. The highest BCUT2D eigenvalue weighted by atomic mass is 19.4. The number of halogens is 3. The van der Waals surface area contributed by atoms with Gasteiger partial charge in [-0.3, -0.25) is 4.98 Å². The van der Waals surface area contributed by atoms with E-state index in [0.29, 0.717) is 39.5 Å². The van der Waals surface area contributed by atoms with E-state index in [1.807, 2.05) is 6.07 Å². The van der Waals surface area contributed by atoms with Crippen molar-refractivity contribution in [2.75, 3.05) is 0 Å². The van der Waals surface area contributed by atoms with Gasteiger partial charge in [0.05, 0.1) is 35.4 Å². The van der Waals surface area contributed by atoms with Gasteiger partial charge in [0.1, 0.15) is 11.3 Å². The average molecular weight is 345 g/mol. The van der Waals surface area contributed by atoms with Crippen molar-refractivity contribution in [3.05, 3.63) is 47.7 Å². The van der Waals surface area contributed by atoms with Gasteiger partial charge in [-0.2, -0.15) is 23.5 Å². The summed E-state index contributed by atoms with van der Waals surface area (Å²) in [5.41, 5.74) is 7.52. The van der Waals surface area contributed by atoms with Gasteiger partial charge in [0.25, 0.3) is 0 Å². The summed E-state index contributed by atoms with van der Waals surface area (Å²) in [7, 11) is 0. The lowest BCUT2D eigenvalue weighted by atomic mass is 10.1. The molecule has 0 saturated heterocycles. The first-order chi connectivity index (χ1) is 11.9. The first-order valence-electron chi connectivity index (χ1n) is 6.98. The summed E-state index contributed by atoms with van der Waals surface area (Å²) in [4.78, 5) is 11.5. The third-order valence-corrected chi connectivity index (χ3v) is 3.42. The molecule has 2 aromatic heterocycles. The number of H-pyrrole nitrogens is 1. The number of hydrogen-bond donors (Lipinski definition) is 3. The van der Waals surface area contributed by atoms with Crippen molar-refractivity contribution in [2.24, 2.45) is 5.11 Å². The lowest BCUT2D eigenvalue weighted by molar-refractivity contribution is -0.0936. The van der Waals surface area contributed by atoms with Crippen LogP contribution in [0.15, 0.2) is 41.4 Å². The predicted octanol–water partition coefficient (Wildman–Crippen LogP) is 3.51. The van der Waals surface area contributed by atoms with Gasteiger partial charge in [0.2, 0.25) is 0 Å². The molecular weight excluding hydrogens is 335 g/mol. The molecule has 0 aliphatic rings. The molecule has 2 heterocycles. The second-order valence-electron chi connectivity index (χ2n) is 5.07. The van der Waals surface area contributed by atoms with Gasteiger partial charge in [-0.15, -0.1) is 0 Å². The molecule has 0 saturated carbocycles. The SMILES string of the molecule is N#Cc1ccc2ncc3nc(CN/C=C(\N=N)C(F)(F)F)[nH]c3c2c1. The van der Waals surface area contributed by atoms with Crippen LogP contribution in [0, 0.1) is 16.9 Å². The van der Waals surface area contributed by atoms with Crippen LogP contribution in [-0.2, 0) is 6.54 Å². The van der Waals surface area contributed by atoms with Gasteiger partial charge in [-0.25, -0.2) is 10.5 Å². The van der Waals surface area contributed by atoms with Crippen LogP contribution in [-0.4, -0.2) is 21.1 Å². The van der Waals surface area contributed by atoms with Crippen molar-refractivity contribution in [3.63, 3.8) is 0 Å². The van der Waals surface area contributed by atoms with E-state index in [2.05, 4.69) is 25.4 Å². The predicted molar refractivity (Wildman–Crippen MR) is 82.2 cm³/mol. The molecule has 3 aromatic rings. The van der Waals surface area contributed by atoms with Crippen LogP contribution >= 0.6 is 0 Å². The van der Waals surface area contributed by atoms with Crippen LogP contribution in [0.5, 0.6) is 0 Å². The molecule has 0 fully saturated rings. The summed E-state index contributed by atoms with van der Waals surface area (Å²) >= 11 is 0. The van der Waals surface area contributed by atoms with Crippen LogP contribution < -0.4 is 5.32 Å². The Bertz CT molecular complexity index is 1030. The Morgan fingerprint density at radius 1 is 1.40 bits per heavy atom. The van der Waals surface area contributed by atoms with Crippen LogP contribution in [0.3, 0.4) is 0 Å². The fourth-order valence-electron chi connectivity index (χ4n) is 2.29. The van der Waals surface area contributed by atoms with Gasteiger partial charge in [0.15, 0.2) is 5.70 Å². The number of fused-ring (bicyclic) bond motifs is 3. The van der Waals surface area contributed by atoms with Gasteiger partial charge >= 0.3 is 6.18 Å². The number of nitrogens with one attached hydrogen (secondary N) is 3. The number of benzene rings is 1. The number of rotatable bonds is 4. The second kappa shape index (κ2) is 6.20. The molecule has 10 heteroatoms. The van der Waals surface area contributed by atoms with Crippen LogP contribution in [0.4, 0.5) is 13.2 Å². The number of imidazole rings is 1. The molecule has 0 aliphatic carbocycles. The topological polar surface area (TPSA) is 114 Å². The first kappa shape index (κ1) is 16.4. The highest BCUT2D eigenvalue weighted by Crippen LogP contribution is 2.26. The van der Waals surface area contributed by atoms with Crippen LogP contribution in [0.1, 0.15) is 11.4 Å². The molecule has 126 valence electrons. The summed E-state index contributed by atoms with van der Waals surface area (Å²) in [6.07, 6.45) is -2.54. The van der Waals surface area contributed by atoms with E-state index in [1.165, 1.54) is 0 Å². The molecule has 3 rings (SSSR count). The third-order valence-electron chi connectivity index (χ3n) is 3.42. The van der Waals surface area contributed by atoms with Gasteiger partial charge in [-0.05, 0) is 18.2 Å². The second-order valence-corrected chi connectivity index (χ2v) is 5.07. The lowest BCUT2D eigenvalue weighted by Crippen LogP contribution is -2.15. The Kier molecular flexibility index (Phi) is 4.06. The normalized spacial score (nSPS) is 12.3. The molecular formula is C15H10F3N7. The molecule has 0 amide bonds.